The molecule has 2 nitrogen and oxygen atoms in total. The number of ether oxygens (including phenoxy) is 1. The second kappa shape index (κ2) is 4.20. The van der Waals surface area contributed by atoms with E-state index in [4.69, 9.17) is 4.74 Å². The van der Waals surface area contributed by atoms with Crippen LogP contribution in [0.3, 0.4) is 0 Å². The molecule has 1 aliphatic carbocycles. The minimum atomic E-state index is -0.0576. The highest BCUT2D eigenvalue weighted by Gasteiger charge is 2.32. The molecule has 1 aliphatic heterocycles. The topological polar surface area (TPSA) is 29.5 Å². The molecule has 2 unspecified atom stereocenters. The molecule has 4 atom stereocenters. The van der Waals surface area contributed by atoms with Crippen molar-refractivity contribution in [2.45, 2.75) is 55.3 Å². The Labute approximate surface area is 84.0 Å². The average molecular weight is 202 g/mol. The predicted molar refractivity (Wildman–Crippen MR) is 55.1 cm³/mol. The molecule has 0 bridgehead atoms. The molecule has 0 aromatic carbocycles. The summed E-state index contributed by atoms with van der Waals surface area (Å²) in [5.74, 6) is 0. The van der Waals surface area contributed by atoms with Crippen LogP contribution in [0.2, 0.25) is 0 Å². The van der Waals surface area contributed by atoms with Gasteiger partial charge in [-0.15, -0.1) is 11.8 Å². The van der Waals surface area contributed by atoms with Crippen LogP contribution in [0.1, 0.15) is 32.6 Å². The zero-order valence-electron chi connectivity index (χ0n) is 8.11. The first-order valence-corrected chi connectivity index (χ1v) is 6.17. The zero-order valence-corrected chi connectivity index (χ0v) is 8.93. The van der Waals surface area contributed by atoms with E-state index in [1.54, 1.807) is 0 Å². The van der Waals surface area contributed by atoms with E-state index in [-0.39, 0.29) is 6.10 Å². The Kier molecular flexibility index (Phi) is 3.17. The Morgan fingerprint density at radius 1 is 1.23 bits per heavy atom. The third-order valence-corrected chi connectivity index (χ3v) is 4.94. The van der Waals surface area contributed by atoms with Crippen LogP contribution in [0.5, 0.6) is 0 Å². The van der Waals surface area contributed by atoms with Crippen LogP contribution in [-0.4, -0.2) is 34.4 Å². The lowest BCUT2D eigenvalue weighted by Gasteiger charge is -2.20. The predicted octanol–water partition coefficient (Wildman–Crippen LogP) is 1.81. The van der Waals surface area contributed by atoms with Crippen LogP contribution in [0.4, 0.5) is 0 Å². The third kappa shape index (κ3) is 2.20. The Morgan fingerprint density at radius 2 is 2.08 bits per heavy atom. The summed E-state index contributed by atoms with van der Waals surface area (Å²) in [6.07, 6.45) is 4.88. The summed E-state index contributed by atoms with van der Waals surface area (Å²) >= 11 is 1.96. The van der Waals surface area contributed by atoms with Gasteiger partial charge in [0.1, 0.15) is 0 Å². The Hall–Kier alpha value is 0.270. The van der Waals surface area contributed by atoms with E-state index in [2.05, 4.69) is 6.92 Å². The number of hydrogen-bond acceptors (Lipinski definition) is 3. The first-order valence-electron chi connectivity index (χ1n) is 5.22. The fraction of sp³-hybridized carbons (Fsp3) is 1.00. The molecule has 0 spiro atoms. The van der Waals surface area contributed by atoms with Crippen molar-refractivity contribution in [1.82, 2.24) is 0 Å². The normalized spacial score (nSPS) is 45.7. The minimum absolute atomic E-state index is 0.0576. The molecule has 13 heavy (non-hydrogen) atoms. The molecule has 0 radical (unpaired) electrons. The van der Waals surface area contributed by atoms with E-state index < -0.39 is 0 Å². The molecule has 3 heteroatoms. The highest BCUT2D eigenvalue weighted by Crippen LogP contribution is 2.37. The van der Waals surface area contributed by atoms with Crippen molar-refractivity contribution in [1.29, 1.82) is 0 Å². The van der Waals surface area contributed by atoms with Crippen molar-refractivity contribution in [2.75, 3.05) is 6.61 Å². The maximum atomic E-state index is 9.67. The Bertz CT molecular complexity index is 156. The number of hydrogen-bond donors (Lipinski definition) is 1. The summed E-state index contributed by atoms with van der Waals surface area (Å²) in [4.78, 5) is 0. The van der Waals surface area contributed by atoms with Gasteiger partial charge in [-0.05, 0) is 32.6 Å². The number of aliphatic hydroxyl groups is 1. The van der Waals surface area contributed by atoms with Gasteiger partial charge in [0.05, 0.1) is 12.2 Å². The average Bonchev–Trinajstić information content (AvgIpc) is 2.65. The summed E-state index contributed by atoms with van der Waals surface area (Å²) < 4.78 is 5.51. The van der Waals surface area contributed by atoms with Crippen LogP contribution < -0.4 is 0 Å². The van der Waals surface area contributed by atoms with Gasteiger partial charge < -0.3 is 9.84 Å². The molecule has 0 amide bonds. The van der Waals surface area contributed by atoms with Crippen molar-refractivity contribution < 1.29 is 9.84 Å². The smallest absolute Gasteiger partial charge is 0.0666 e. The maximum Gasteiger partial charge on any atom is 0.0666 e. The summed E-state index contributed by atoms with van der Waals surface area (Å²) in [6, 6.07) is 0. The quantitative estimate of drug-likeness (QED) is 0.740. The molecule has 2 fully saturated rings. The van der Waals surface area contributed by atoms with Crippen molar-refractivity contribution in [3.8, 4) is 0 Å². The van der Waals surface area contributed by atoms with Crippen molar-refractivity contribution in [3.63, 3.8) is 0 Å². The molecule has 0 aromatic heterocycles. The SMILES string of the molecule is CC1OCCC1S[C@@H]1CCC[C@H]1O. The fourth-order valence-electron chi connectivity index (χ4n) is 2.18. The highest BCUT2D eigenvalue weighted by atomic mass is 32.2. The molecule has 1 saturated heterocycles. The van der Waals surface area contributed by atoms with E-state index in [1.165, 1.54) is 12.8 Å². The minimum Gasteiger partial charge on any atom is -0.392 e. The van der Waals surface area contributed by atoms with Crippen LogP contribution in [0.15, 0.2) is 0 Å². The maximum absolute atomic E-state index is 9.67. The summed E-state index contributed by atoms with van der Waals surface area (Å²) in [5.41, 5.74) is 0. The van der Waals surface area contributed by atoms with E-state index in [1.807, 2.05) is 11.8 Å². The number of thioether (sulfide) groups is 1. The monoisotopic (exact) mass is 202 g/mol. The lowest BCUT2D eigenvalue weighted by molar-refractivity contribution is 0.127. The van der Waals surface area contributed by atoms with E-state index >= 15 is 0 Å². The van der Waals surface area contributed by atoms with Crippen LogP contribution >= 0.6 is 11.8 Å². The molecular formula is C10H18O2S. The van der Waals surface area contributed by atoms with Gasteiger partial charge in [0.25, 0.3) is 0 Å². The van der Waals surface area contributed by atoms with Gasteiger partial charge in [-0.1, -0.05) is 0 Å². The molecule has 2 rings (SSSR count). The molecule has 1 saturated carbocycles. The lowest BCUT2D eigenvalue weighted by atomic mass is 10.2. The van der Waals surface area contributed by atoms with Crippen LogP contribution in [0, 0.1) is 0 Å². The van der Waals surface area contributed by atoms with Gasteiger partial charge in [0.2, 0.25) is 0 Å². The van der Waals surface area contributed by atoms with Gasteiger partial charge in [-0.25, -0.2) is 0 Å². The van der Waals surface area contributed by atoms with Gasteiger partial charge in [0, 0.05) is 17.1 Å². The summed E-state index contributed by atoms with van der Waals surface area (Å²) in [7, 11) is 0. The second-order valence-electron chi connectivity index (χ2n) is 4.08. The number of aliphatic hydroxyl groups excluding tert-OH is 1. The van der Waals surface area contributed by atoms with Crippen LogP contribution in [0.25, 0.3) is 0 Å². The first kappa shape index (κ1) is 9.81. The largest absolute Gasteiger partial charge is 0.392 e. The molecular weight excluding hydrogens is 184 g/mol. The molecule has 2 aliphatic rings. The Balaban J connectivity index is 1.82. The van der Waals surface area contributed by atoms with Gasteiger partial charge in [-0.2, -0.15) is 0 Å². The fourth-order valence-corrected chi connectivity index (χ4v) is 3.78. The first-order chi connectivity index (χ1) is 6.27. The Morgan fingerprint density at radius 3 is 2.62 bits per heavy atom. The standard InChI is InChI=1S/C10H18O2S/c1-7-9(5-6-12-7)13-10-4-2-3-8(10)11/h7-11H,2-6H2,1H3/t7?,8-,9?,10-/m1/s1. The molecule has 1 heterocycles. The van der Waals surface area contributed by atoms with Crippen molar-refractivity contribution in [2.24, 2.45) is 0 Å². The molecule has 1 N–H and O–H groups in total. The zero-order chi connectivity index (χ0) is 9.26. The summed E-state index contributed by atoms with van der Waals surface area (Å²) in [6.45, 7) is 3.05. The second-order valence-corrected chi connectivity index (χ2v) is 5.56. The van der Waals surface area contributed by atoms with E-state index in [0.29, 0.717) is 16.6 Å². The van der Waals surface area contributed by atoms with Crippen LogP contribution in [-0.2, 0) is 4.74 Å². The van der Waals surface area contributed by atoms with Gasteiger partial charge >= 0.3 is 0 Å². The lowest BCUT2D eigenvalue weighted by Crippen LogP contribution is -2.22. The molecule has 76 valence electrons. The van der Waals surface area contributed by atoms with E-state index in [9.17, 15) is 5.11 Å². The number of rotatable bonds is 2. The third-order valence-electron chi connectivity index (χ3n) is 3.07. The summed E-state index contributed by atoms with van der Waals surface area (Å²) in [5, 5.41) is 10.8. The van der Waals surface area contributed by atoms with Gasteiger partial charge in [0.15, 0.2) is 0 Å². The van der Waals surface area contributed by atoms with E-state index in [0.717, 1.165) is 19.4 Å². The van der Waals surface area contributed by atoms with Crippen molar-refractivity contribution in [3.05, 3.63) is 0 Å². The molecule has 0 aromatic rings. The van der Waals surface area contributed by atoms with Gasteiger partial charge in [-0.3, -0.25) is 0 Å². The highest BCUT2D eigenvalue weighted by molar-refractivity contribution is 8.00. The van der Waals surface area contributed by atoms with Crippen molar-refractivity contribution >= 4 is 11.8 Å².